The van der Waals surface area contributed by atoms with E-state index in [9.17, 15) is 53.0 Å². The number of aromatic hydroxyl groups is 1. The zero-order valence-corrected chi connectivity index (χ0v) is 39.7. The highest BCUT2D eigenvalue weighted by atomic mass is 19.3. The normalized spacial score (nSPS) is 15.5. The van der Waals surface area contributed by atoms with Crippen molar-refractivity contribution in [3.63, 3.8) is 0 Å². The number of phenols is 1. The Morgan fingerprint density at radius 3 is 2.35 bits per heavy atom. The summed E-state index contributed by atoms with van der Waals surface area (Å²) in [6.45, 7) is 1.28. The van der Waals surface area contributed by atoms with Crippen LogP contribution in [0.25, 0.3) is 55.4 Å². The van der Waals surface area contributed by atoms with Crippen LogP contribution in [-0.2, 0) is 9.59 Å². The number of benzene rings is 5. The second-order valence-corrected chi connectivity index (χ2v) is 17.9. The van der Waals surface area contributed by atoms with E-state index in [1.807, 2.05) is 18.2 Å². The Hall–Kier alpha value is -8.96. The summed E-state index contributed by atoms with van der Waals surface area (Å²) in [4.78, 5) is 86.7. The van der Waals surface area contributed by atoms with Crippen LogP contribution in [0.1, 0.15) is 43.9 Å². The molecule has 3 aliphatic heterocycles. The third-order valence-corrected chi connectivity index (χ3v) is 13.1. The molecule has 18 nitrogen and oxygen atoms in total. The number of hydrogen-bond acceptors (Lipinski definition) is 13. The number of carboxylic acids is 1. The molecule has 1 aromatic heterocycles. The molecule has 1 aliphatic carbocycles. The number of methoxy groups -OCH3 is 1. The molecule has 74 heavy (non-hydrogen) atoms. The second-order valence-electron chi connectivity index (χ2n) is 17.9. The monoisotopic (exact) mass is 1010 g/mol. The van der Waals surface area contributed by atoms with E-state index in [2.05, 4.69) is 20.5 Å². The number of nitrogens with one attached hydrogen (secondary N) is 2. The van der Waals surface area contributed by atoms with Gasteiger partial charge in [-0.25, -0.2) is 13.6 Å². The smallest absolute Gasteiger partial charge is 0.336 e. The van der Waals surface area contributed by atoms with Crippen molar-refractivity contribution in [2.45, 2.75) is 24.8 Å². The number of carboxylic acid groups (broad SMARTS) is 1. The van der Waals surface area contributed by atoms with Crippen molar-refractivity contribution in [3.8, 4) is 56.9 Å². The first-order valence-corrected chi connectivity index (χ1v) is 23.5. The van der Waals surface area contributed by atoms with Gasteiger partial charge in [-0.2, -0.15) is 5.26 Å². The molecule has 2 saturated heterocycles. The van der Waals surface area contributed by atoms with Crippen LogP contribution in [-0.4, -0.2) is 138 Å². The van der Waals surface area contributed by atoms with Crippen molar-refractivity contribution in [2.75, 3.05) is 66.1 Å². The molecule has 4 heterocycles. The molecular formula is C54H47F2N7O11. The van der Waals surface area contributed by atoms with Crippen LogP contribution >= 0.6 is 0 Å². The van der Waals surface area contributed by atoms with Crippen molar-refractivity contribution in [2.24, 2.45) is 0 Å². The van der Waals surface area contributed by atoms with Gasteiger partial charge in [-0.15, -0.1) is 0 Å². The number of likely N-dealkylation sites (tertiary alicyclic amines) is 1. The minimum atomic E-state index is -3.18. The number of aromatic carboxylic acids is 1. The van der Waals surface area contributed by atoms with Crippen LogP contribution in [0.4, 0.5) is 8.78 Å². The van der Waals surface area contributed by atoms with Gasteiger partial charge in [0.1, 0.15) is 23.1 Å². The van der Waals surface area contributed by atoms with Gasteiger partial charge < -0.3 is 44.5 Å². The molecule has 20 heteroatoms. The molecule has 4 N–H and O–H groups in total. The van der Waals surface area contributed by atoms with Crippen LogP contribution in [0.3, 0.4) is 0 Å². The molecule has 0 bridgehead atoms. The van der Waals surface area contributed by atoms with Gasteiger partial charge in [-0.1, -0.05) is 12.1 Å². The van der Waals surface area contributed by atoms with E-state index in [1.165, 1.54) is 67.9 Å². The molecule has 0 spiro atoms. The third kappa shape index (κ3) is 10.6. The van der Waals surface area contributed by atoms with Crippen LogP contribution in [0.15, 0.2) is 112 Å². The molecule has 0 saturated carbocycles. The predicted molar refractivity (Wildman–Crippen MR) is 265 cm³/mol. The number of nitrogens with zero attached hydrogens (tertiary/aromatic N) is 5. The standard InChI is InChI=1S/C54H47F2N7O11/c1-72-44-12-5-32(31-4-11-43-41(21-31)37(13-14-58-43)52(69)60-29-49(67)63-30-54(55,56)26-34(63)27-57)23-47(44)73-20-2-15-61-16-18-62(19-17-61)48(66)28-59-51(68)33-3-8-38(53(70)71)42(22-33)50-39-9-6-35(64)24-45(39)74-46-25-36(65)7-10-40(46)50/h3-14,21-25,34,64H,2,15-20,26,28-30H2,1H3,(H,59,68)(H,60,69)(H,70,71)/t34-/m0/s1. The topological polar surface area (TPSA) is 245 Å². The SMILES string of the molecule is COc1ccc(-c2ccc3nccc(C(=O)NCC(=O)N4CC(F)(F)C[C@H]4C#N)c3c2)cc1OCCCN1CCN(C(=O)CNC(=O)c2ccc(C(=O)O)c(-c3c4ccc(=O)cc-4oc4cc(O)ccc34)c2)CC1. The number of rotatable bonds is 15. The molecule has 2 fully saturated rings. The number of nitriles is 1. The highest BCUT2D eigenvalue weighted by molar-refractivity contribution is 6.10. The van der Waals surface area contributed by atoms with E-state index >= 15 is 0 Å². The summed E-state index contributed by atoms with van der Waals surface area (Å²) in [5.74, 6) is -5.69. The number of aromatic nitrogens is 1. The van der Waals surface area contributed by atoms with Crippen molar-refractivity contribution in [1.82, 2.24) is 30.3 Å². The molecule has 0 radical (unpaired) electrons. The van der Waals surface area contributed by atoms with Crippen LogP contribution in [0.5, 0.6) is 17.2 Å². The summed E-state index contributed by atoms with van der Waals surface area (Å²) in [5, 5.41) is 35.7. The van der Waals surface area contributed by atoms with Gasteiger partial charge in [0.25, 0.3) is 17.7 Å². The number of pyridine rings is 1. The Balaban J connectivity index is 0.777. The van der Waals surface area contributed by atoms with Crippen molar-refractivity contribution in [3.05, 3.63) is 130 Å². The summed E-state index contributed by atoms with van der Waals surface area (Å²) >= 11 is 0. The number of carbonyl (C=O) groups excluding carboxylic acids is 4. The number of amides is 4. The quantitative estimate of drug-likeness (QED) is 0.0678. The first-order valence-electron chi connectivity index (χ1n) is 23.5. The van der Waals surface area contributed by atoms with E-state index in [0.29, 0.717) is 84.7 Å². The fourth-order valence-corrected chi connectivity index (χ4v) is 9.33. The molecule has 4 amide bonds. The van der Waals surface area contributed by atoms with Crippen LogP contribution in [0, 0.1) is 11.3 Å². The van der Waals surface area contributed by atoms with Gasteiger partial charge in [0.2, 0.25) is 11.8 Å². The van der Waals surface area contributed by atoms with Gasteiger partial charge in [0.05, 0.1) is 56.1 Å². The third-order valence-electron chi connectivity index (χ3n) is 13.1. The largest absolute Gasteiger partial charge is 0.508 e. The highest BCUT2D eigenvalue weighted by Gasteiger charge is 2.47. The van der Waals surface area contributed by atoms with E-state index in [-0.39, 0.29) is 57.2 Å². The number of hydrogen-bond donors (Lipinski definition) is 4. The Bertz CT molecular complexity index is 3440. The van der Waals surface area contributed by atoms with E-state index in [0.717, 1.165) is 16.0 Å². The summed E-state index contributed by atoms with van der Waals surface area (Å²) in [6, 6.07) is 25.2. The minimum Gasteiger partial charge on any atom is -0.508 e. The minimum absolute atomic E-state index is 0.0986. The Morgan fingerprint density at radius 2 is 1.58 bits per heavy atom. The number of piperazine rings is 1. The first kappa shape index (κ1) is 50.0. The maximum atomic E-state index is 13.9. The van der Waals surface area contributed by atoms with Crippen molar-refractivity contribution in [1.29, 1.82) is 5.26 Å². The van der Waals surface area contributed by atoms with Gasteiger partial charge in [0.15, 0.2) is 16.9 Å². The van der Waals surface area contributed by atoms with Crippen LogP contribution < -0.4 is 25.5 Å². The average molecular weight is 1010 g/mol. The van der Waals surface area contributed by atoms with Crippen molar-refractivity contribution >= 4 is 51.5 Å². The molecular weight excluding hydrogens is 961 g/mol. The van der Waals surface area contributed by atoms with E-state index < -0.39 is 55.2 Å². The molecule has 378 valence electrons. The number of ether oxygens (including phenoxy) is 2. The van der Waals surface area contributed by atoms with Gasteiger partial charge in [0, 0.05) is 84.9 Å². The zero-order chi connectivity index (χ0) is 52.3. The molecule has 9 rings (SSSR count). The van der Waals surface area contributed by atoms with E-state index in [1.54, 1.807) is 35.2 Å². The summed E-state index contributed by atoms with van der Waals surface area (Å²) in [6.07, 6.45) is 1.34. The lowest BCUT2D eigenvalue weighted by molar-refractivity contribution is -0.132. The van der Waals surface area contributed by atoms with Crippen LogP contribution in [0.2, 0.25) is 0 Å². The lowest BCUT2D eigenvalue weighted by Crippen LogP contribution is -2.51. The number of phenolic OH excluding ortho intramolecular Hbond substituents is 1. The Labute approximate surface area is 420 Å². The molecule has 5 aromatic rings. The van der Waals surface area contributed by atoms with E-state index in [4.69, 9.17) is 13.9 Å². The number of alkyl halides is 2. The maximum Gasteiger partial charge on any atom is 0.336 e. The average Bonchev–Trinajstić information content (AvgIpc) is 3.73. The summed E-state index contributed by atoms with van der Waals surface area (Å²) in [5.41, 5.74) is 3.00. The number of carbonyl (C=O) groups is 5. The number of halogens is 2. The molecule has 4 aliphatic rings. The second kappa shape index (κ2) is 21.0. The lowest BCUT2D eigenvalue weighted by Gasteiger charge is -2.34. The summed E-state index contributed by atoms with van der Waals surface area (Å²) in [7, 11) is 1.53. The van der Waals surface area contributed by atoms with Crippen molar-refractivity contribution < 1.29 is 56.9 Å². The molecule has 0 unspecified atom stereocenters. The Kier molecular flexibility index (Phi) is 14.2. The lowest BCUT2D eigenvalue weighted by atomic mass is 9.89. The zero-order valence-electron chi connectivity index (χ0n) is 39.7. The fourth-order valence-electron chi connectivity index (χ4n) is 9.33. The molecule has 1 atom stereocenters. The first-order chi connectivity index (χ1) is 35.6. The van der Waals surface area contributed by atoms with Gasteiger partial charge >= 0.3 is 5.97 Å². The Morgan fingerprint density at radius 1 is 0.824 bits per heavy atom. The van der Waals surface area contributed by atoms with Gasteiger partial charge in [-0.05, 0) is 95.9 Å². The maximum absolute atomic E-state index is 13.9. The molecule has 4 aromatic carbocycles. The summed E-state index contributed by atoms with van der Waals surface area (Å²) < 4.78 is 45.6. The fraction of sp³-hybridized carbons (Fsp3) is 0.259. The number of fused-ring (bicyclic) bond motifs is 3. The van der Waals surface area contributed by atoms with Gasteiger partial charge in [-0.3, -0.25) is 33.9 Å². The predicted octanol–water partition coefficient (Wildman–Crippen LogP) is 6.03. The highest BCUT2D eigenvalue weighted by Crippen LogP contribution is 2.42.